The molecule has 0 radical (unpaired) electrons. The highest BCUT2D eigenvalue weighted by atomic mass is 19.1. The zero-order chi connectivity index (χ0) is 19.2. The van der Waals surface area contributed by atoms with Crippen molar-refractivity contribution in [2.24, 2.45) is 5.92 Å². The first-order chi connectivity index (χ1) is 13.0. The van der Waals surface area contributed by atoms with Crippen molar-refractivity contribution >= 4 is 11.8 Å². The van der Waals surface area contributed by atoms with Gasteiger partial charge in [0.15, 0.2) is 0 Å². The van der Waals surface area contributed by atoms with Gasteiger partial charge in [-0.3, -0.25) is 9.59 Å². The second kappa shape index (κ2) is 8.80. The van der Waals surface area contributed by atoms with Crippen LogP contribution in [0.5, 0.6) is 0 Å². The van der Waals surface area contributed by atoms with Gasteiger partial charge in [-0.2, -0.15) is 0 Å². The summed E-state index contributed by atoms with van der Waals surface area (Å²) in [5, 5.41) is 2.94. The molecule has 2 aromatic rings. The van der Waals surface area contributed by atoms with Crippen molar-refractivity contribution in [2.45, 2.75) is 32.2 Å². The van der Waals surface area contributed by atoms with Crippen LogP contribution in [-0.4, -0.2) is 29.8 Å². The average molecular weight is 368 g/mol. The quantitative estimate of drug-likeness (QED) is 0.849. The molecule has 1 aliphatic heterocycles. The van der Waals surface area contributed by atoms with E-state index in [0.29, 0.717) is 6.42 Å². The van der Waals surface area contributed by atoms with Gasteiger partial charge in [-0.05, 0) is 42.5 Å². The Morgan fingerprint density at radius 2 is 1.67 bits per heavy atom. The molecule has 0 aromatic heterocycles. The number of amides is 2. The molecule has 27 heavy (non-hydrogen) atoms. The van der Waals surface area contributed by atoms with Gasteiger partial charge in [-0.15, -0.1) is 0 Å². The summed E-state index contributed by atoms with van der Waals surface area (Å²) >= 11 is 0. The number of hydrogen-bond donors (Lipinski definition) is 1. The third-order valence-corrected chi connectivity index (χ3v) is 4.99. The third kappa shape index (κ3) is 4.94. The van der Waals surface area contributed by atoms with Crippen molar-refractivity contribution in [1.29, 1.82) is 0 Å². The van der Waals surface area contributed by atoms with Crippen LogP contribution in [0.4, 0.5) is 4.39 Å². The van der Waals surface area contributed by atoms with Crippen molar-refractivity contribution in [3.8, 4) is 0 Å². The van der Waals surface area contributed by atoms with Gasteiger partial charge >= 0.3 is 0 Å². The molecule has 2 atom stereocenters. The van der Waals surface area contributed by atoms with Crippen LogP contribution in [0.1, 0.15) is 36.9 Å². The molecule has 3 rings (SSSR count). The van der Waals surface area contributed by atoms with E-state index in [0.717, 1.165) is 37.1 Å². The maximum absolute atomic E-state index is 13.1. The second-order valence-corrected chi connectivity index (χ2v) is 7.12. The van der Waals surface area contributed by atoms with E-state index in [1.807, 2.05) is 42.2 Å². The molecule has 0 aliphatic carbocycles. The second-order valence-electron chi connectivity index (χ2n) is 7.12. The number of carbonyl (C=O) groups excluding carboxylic acids is 2. The van der Waals surface area contributed by atoms with Crippen molar-refractivity contribution in [3.63, 3.8) is 0 Å². The van der Waals surface area contributed by atoms with Gasteiger partial charge in [0.1, 0.15) is 11.9 Å². The van der Waals surface area contributed by atoms with Gasteiger partial charge in [-0.1, -0.05) is 49.4 Å². The first-order valence-corrected chi connectivity index (χ1v) is 9.43. The number of rotatable bonds is 6. The van der Waals surface area contributed by atoms with E-state index >= 15 is 0 Å². The lowest BCUT2D eigenvalue weighted by atomic mass is 9.98. The topological polar surface area (TPSA) is 49.4 Å². The Balaban J connectivity index is 1.71. The first-order valence-electron chi connectivity index (χ1n) is 9.43. The molecular formula is C22H25FN2O2. The van der Waals surface area contributed by atoms with Gasteiger partial charge in [0.2, 0.25) is 11.8 Å². The number of hydrogen-bond acceptors (Lipinski definition) is 2. The molecule has 0 saturated carbocycles. The normalized spacial score (nSPS) is 16.0. The fraction of sp³-hybridized carbons (Fsp3) is 0.364. The lowest BCUT2D eigenvalue weighted by molar-refractivity contribution is -0.136. The Labute approximate surface area is 159 Å². The molecule has 5 heteroatoms. The van der Waals surface area contributed by atoms with Crippen LogP contribution >= 0.6 is 0 Å². The zero-order valence-electron chi connectivity index (χ0n) is 15.5. The highest BCUT2D eigenvalue weighted by Gasteiger charge is 2.30. The summed E-state index contributed by atoms with van der Waals surface area (Å²) in [7, 11) is 0. The lowest BCUT2D eigenvalue weighted by Gasteiger charge is -2.25. The number of likely N-dealkylation sites (tertiary alicyclic amines) is 1. The molecule has 1 aliphatic rings. The van der Waals surface area contributed by atoms with Crippen LogP contribution in [-0.2, 0) is 16.0 Å². The van der Waals surface area contributed by atoms with Gasteiger partial charge in [0.05, 0.1) is 0 Å². The predicted octanol–water partition coefficient (Wildman–Crippen LogP) is 3.48. The van der Waals surface area contributed by atoms with Crippen LogP contribution in [0.3, 0.4) is 0 Å². The van der Waals surface area contributed by atoms with Crippen LogP contribution in [0, 0.1) is 11.7 Å². The van der Waals surface area contributed by atoms with Crippen LogP contribution in [0.25, 0.3) is 0 Å². The smallest absolute Gasteiger partial charge is 0.249 e. The minimum Gasteiger partial charge on any atom is -0.341 e. The van der Waals surface area contributed by atoms with Gasteiger partial charge < -0.3 is 10.2 Å². The summed E-state index contributed by atoms with van der Waals surface area (Å²) in [6.45, 7) is 3.30. The summed E-state index contributed by atoms with van der Waals surface area (Å²) < 4.78 is 13.1. The molecule has 1 fully saturated rings. The van der Waals surface area contributed by atoms with Gasteiger partial charge in [0.25, 0.3) is 0 Å². The molecule has 2 aromatic carbocycles. The number of nitrogens with one attached hydrogen (secondary N) is 1. The van der Waals surface area contributed by atoms with E-state index in [2.05, 4.69) is 5.32 Å². The maximum atomic E-state index is 13.1. The van der Waals surface area contributed by atoms with Crippen LogP contribution < -0.4 is 5.32 Å². The van der Waals surface area contributed by atoms with Crippen molar-refractivity contribution in [2.75, 3.05) is 13.1 Å². The van der Waals surface area contributed by atoms with Gasteiger partial charge in [-0.25, -0.2) is 4.39 Å². The van der Waals surface area contributed by atoms with Crippen molar-refractivity contribution in [3.05, 3.63) is 71.5 Å². The molecule has 0 spiro atoms. The minimum atomic E-state index is -0.674. The number of halogens is 1. The fourth-order valence-corrected chi connectivity index (χ4v) is 3.40. The third-order valence-electron chi connectivity index (χ3n) is 4.99. The SMILES string of the molecule is CC(Cc1ccc(F)cc1)C(=O)N[C@@H](C(=O)N1CCCC1)c1ccccc1. The summed E-state index contributed by atoms with van der Waals surface area (Å²) in [4.78, 5) is 27.6. The standard InChI is InChI=1S/C22H25FN2O2/c1-16(15-17-9-11-19(23)12-10-17)21(26)24-20(18-7-3-2-4-8-18)22(27)25-13-5-6-14-25/h2-4,7-12,16,20H,5-6,13-15H2,1H3,(H,24,26)/t16?,20-/m1/s1. The van der Waals surface area contributed by atoms with Crippen molar-refractivity contribution in [1.82, 2.24) is 10.2 Å². The van der Waals surface area contributed by atoms with Crippen LogP contribution in [0.2, 0.25) is 0 Å². The highest BCUT2D eigenvalue weighted by Crippen LogP contribution is 2.20. The van der Waals surface area contributed by atoms with Crippen molar-refractivity contribution < 1.29 is 14.0 Å². The largest absolute Gasteiger partial charge is 0.341 e. The Morgan fingerprint density at radius 3 is 2.30 bits per heavy atom. The Morgan fingerprint density at radius 1 is 1.04 bits per heavy atom. The van der Waals surface area contributed by atoms with E-state index in [4.69, 9.17) is 0 Å². The summed E-state index contributed by atoms with van der Waals surface area (Å²) in [6, 6.07) is 14.8. The molecule has 0 bridgehead atoms. The average Bonchev–Trinajstić information content (AvgIpc) is 3.22. The number of benzene rings is 2. The summed E-state index contributed by atoms with van der Waals surface area (Å²) in [6.07, 6.45) is 2.50. The van der Waals surface area contributed by atoms with E-state index in [1.165, 1.54) is 12.1 Å². The molecule has 1 N–H and O–H groups in total. The van der Waals surface area contributed by atoms with E-state index in [1.54, 1.807) is 12.1 Å². The predicted molar refractivity (Wildman–Crippen MR) is 102 cm³/mol. The lowest BCUT2D eigenvalue weighted by Crippen LogP contribution is -2.43. The molecule has 1 saturated heterocycles. The maximum Gasteiger partial charge on any atom is 0.249 e. The summed E-state index contributed by atoms with van der Waals surface area (Å²) in [5.74, 6) is -0.856. The zero-order valence-corrected chi connectivity index (χ0v) is 15.5. The van der Waals surface area contributed by atoms with E-state index in [-0.39, 0.29) is 23.5 Å². The number of nitrogens with zero attached hydrogens (tertiary/aromatic N) is 1. The molecule has 2 amide bonds. The van der Waals surface area contributed by atoms with E-state index < -0.39 is 6.04 Å². The minimum absolute atomic E-state index is 0.0546. The molecule has 142 valence electrons. The molecule has 1 heterocycles. The number of carbonyl (C=O) groups is 2. The monoisotopic (exact) mass is 368 g/mol. The van der Waals surface area contributed by atoms with Gasteiger partial charge in [0, 0.05) is 19.0 Å². The Bertz CT molecular complexity index is 771. The fourth-order valence-electron chi connectivity index (χ4n) is 3.40. The Hall–Kier alpha value is -2.69. The first kappa shape index (κ1) is 19.1. The molecule has 1 unspecified atom stereocenters. The molecule has 4 nitrogen and oxygen atoms in total. The van der Waals surface area contributed by atoms with Crippen LogP contribution in [0.15, 0.2) is 54.6 Å². The Kier molecular flexibility index (Phi) is 6.22. The molecular weight excluding hydrogens is 343 g/mol. The summed E-state index contributed by atoms with van der Waals surface area (Å²) in [5.41, 5.74) is 1.68. The highest BCUT2D eigenvalue weighted by molar-refractivity contribution is 5.89. The van der Waals surface area contributed by atoms with E-state index in [9.17, 15) is 14.0 Å².